The van der Waals surface area contributed by atoms with Gasteiger partial charge in [-0.1, -0.05) is 22.0 Å². The third kappa shape index (κ3) is 3.29. The van der Waals surface area contributed by atoms with Crippen molar-refractivity contribution in [2.24, 2.45) is 0 Å². The summed E-state index contributed by atoms with van der Waals surface area (Å²) in [6, 6.07) is 8.25. The van der Waals surface area contributed by atoms with Gasteiger partial charge in [0.15, 0.2) is 0 Å². The molecule has 0 bridgehead atoms. The monoisotopic (exact) mass is 305 g/mol. The molecule has 3 nitrogen and oxygen atoms in total. The fraction of sp³-hybridized carbons (Fsp3) is 0.286. The second kappa shape index (κ2) is 6.50. The largest absolute Gasteiger partial charge is 0.353 e. The highest BCUT2D eigenvalue weighted by Gasteiger charge is 2.06. The van der Waals surface area contributed by atoms with Crippen LogP contribution < -0.4 is 4.90 Å². The molecule has 94 valence electrons. The van der Waals surface area contributed by atoms with Crippen LogP contribution in [0.15, 0.2) is 42.9 Å². The van der Waals surface area contributed by atoms with Crippen molar-refractivity contribution in [2.75, 3.05) is 11.4 Å². The lowest BCUT2D eigenvalue weighted by Crippen LogP contribution is -2.23. The van der Waals surface area contributed by atoms with Crippen LogP contribution in [0, 0.1) is 0 Å². The Labute approximate surface area is 116 Å². The smallest absolute Gasteiger partial charge is 0.128 e. The molecule has 2 heterocycles. The quantitative estimate of drug-likeness (QED) is 0.793. The van der Waals surface area contributed by atoms with Gasteiger partial charge in [-0.3, -0.25) is 4.98 Å². The highest BCUT2D eigenvalue weighted by molar-refractivity contribution is 9.08. The van der Waals surface area contributed by atoms with Crippen molar-refractivity contribution in [1.29, 1.82) is 0 Å². The average molecular weight is 306 g/mol. The molecule has 0 atom stereocenters. The molecule has 0 radical (unpaired) electrons. The molecule has 4 heteroatoms. The van der Waals surface area contributed by atoms with Gasteiger partial charge >= 0.3 is 0 Å². The van der Waals surface area contributed by atoms with Gasteiger partial charge in [-0.15, -0.1) is 0 Å². The third-order valence-corrected chi connectivity index (χ3v) is 3.44. The molecule has 0 saturated carbocycles. The van der Waals surface area contributed by atoms with Crippen molar-refractivity contribution in [1.82, 2.24) is 9.97 Å². The van der Waals surface area contributed by atoms with Gasteiger partial charge in [-0.25, -0.2) is 4.98 Å². The van der Waals surface area contributed by atoms with E-state index in [4.69, 9.17) is 0 Å². The van der Waals surface area contributed by atoms with Crippen molar-refractivity contribution in [2.45, 2.75) is 18.8 Å². The number of nitrogens with zero attached hydrogens (tertiary/aromatic N) is 3. The molecule has 0 N–H and O–H groups in total. The van der Waals surface area contributed by atoms with Crippen molar-refractivity contribution in [3.63, 3.8) is 0 Å². The second-order valence-corrected chi connectivity index (χ2v) is 4.59. The predicted octanol–water partition coefficient (Wildman–Crippen LogP) is 3.40. The van der Waals surface area contributed by atoms with Gasteiger partial charge in [-0.2, -0.15) is 0 Å². The van der Waals surface area contributed by atoms with Gasteiger partial charge < -0.3 is 4.90 Å². The summed E-state index contributed by atoms with van der Waals surface area (Å²) in [6.07, 6.45) is 5.56. The highest BCUT2D eigenvalue weighted by Crippen LogP contribution is 2.15. The van der Waals surface area contributed by atoms with E-state index in [0.29, 0.717) is 0 Å². The van der Waals surface area contributed by atoms with Crippen LogP contribution in [0.2, 0.25) is 0 Å². The summed E-state index contributed by atoms with van der Waals surface area (Å²) in [5.74, 6) is 1.01. The average Bonchev–Trinajstić information content (AvgIpc) is 2.46. The number of halogens is 1. The van der Waals surface area contributed by atoms with Crippen LogP contribution in [0.1, 0.15) is 18.1 Å². The fourth-order valence-corrected chi connectivity index (χ4v) is 2.08. The maximum atomic E-state index is 4.50. The lowest BCUT2D eigenvalue weighted by Gasteiger charge is -2.22. The summed E-state index contributed by atoms with van der Waals surface area (Å²) >= 11 is 3.43. The van der Waals surface area contributed by atoms with Crippen LogP contribution in [0.25, 0.3) is 0 Å². The van der Waals surface area contributed by atoms with Crippen molar-refractivity contribution >= 4 is 21.7 Å². The first-order valence-corrected chi connectivity index (χ1v) is 7.10. The van der Waals surface area contributed by atoms with Crippen LogP contribution in [-0.4, -0.2) is 16.5 Å². The van der Waals surface area contributed by atoms with E-state index in [0.717, 1.165) is 24.2 Å². The number of rotatable bonds is 5. The summed E-state index contributed by atoms with van der Waals surface area (Å²) in [4.78, 5) is 10.8. The number of pyridine rings is 2. The molecule has 0 saturated heterocycles. The van der Waals surface area contributed by atoms with E-state index < -0.39 is 0 Å². The summed E-state index contributed by atoms with van der Waals surface area (Å²) in [7, 11) is 0. The Kier molecular flexibility index (Phi) is 4.70. The number of hydrogen-bond acceptors (Lipinski definition) is 3. The van der Waals surface area contributed by atoms with Crippen LogP contribution in [-0.2, 0) is 11.9 Å². The van der Waals surface area contributed by atoms with Gasteiger partial charge in [0.05, 0.1) is 0 Å². The Morgan fingerprint density at radius 2 is 1.89 bits per heavy atom. The van der Waals surface area contributed by atoms with E-state index in [-0.39, 0.29) is 0 Å². The van der Waals surface area contributed by atoms with Crippen molar-refractivity contribution < 1.29 is 0 Å². The van der Waals surface area contributed by atoms with Crippen molar-refractivity contribution in [3.05, 3.63) is 54.0 Å². The molecule has 0 aromatic carbocycles. The number of aromatic nitrogens is 2. The molecule has 2 aromatic rings. The van der Waals surface area contributed by atoms with E-state index in [1.54, 1.807) is 0 Å². The first-order chi connectivity index (χ1) is 8.83. The van der Waals surface area contributed by atoms with Crippen LogP contribution in [0.3, 0.4) is 0 Å². The molecule has 0 aliphatic carbocycles. The van der Waals surface area contributed by atoms with Gasteiger partial charge in [0.1, 0.15) is 5.82 Å². The zero-order valence-corrected chi connectivity index (χ0v) is 12.0. The highest BCUT2D eigenvalue weighted by atomic mass is 79.9. The van der Waals surface area contributed by atoms with E-state index in [2.05, 4.69) is 49.9 Å². The standard InChI is InChI=1S/C14H16BrN3/c1-2-18(11-12-5-7-16-8-6-12)14-4-3-13(9-15)10-17-14/h3-8,10H,2,9,11H2,1H3. The summed E-state index contributed by atoms with van der Waals surface area (Å²) in [5.41, 5.74) is 2.44. The number of alkyl halides is 1. The summed E-state index contributed by atoms with van der Waals surface area (Å²) in [6.45, 7) is 3.93. The SMILES string of the molecule is CCN(Cc1ccncc1)c1ccc(CBr)cn1. The van der Waals surface area contributed by atoms with E-state index in [1.165, 1.54) is 11.1 Å². The lowest BCUT2D eigenvalue weighted by atomic mass is 10.2. The Morgan fingerprint density at radius 1 is 1.11 bits per heavy atom. The van der Waals surface area contributed by atoms with Gasteiger partial charge in [0.25, 0.3) is 0 Å². The molecule has 0 aliphatic rings. The molecular weight excluding hydrogens is 290 g/mol. The minimum atomic E-state index is 0.844. The Hall–Kier alpha value is -1.42. The molecule has 0 aliphatic heterocycles. The molecular formula is C14H16BrN3. The maximum Gasteiger partial charge on any atom is 0.128 e. The van der Waals surface area contributed by atoms with Gasteiger partial charge in [0.2, 0.25) is 0 Å². The second-order valence-electron chi connectivity index (χ2n) is 4.03. The summed E-state index contributed by atoms with van der Waals surface area (Å²) < 4.78 is 0. The van der Waals surface area contributed by atoms with E-state index >= 15 is 0 Å². The van der Waals surface area contributed by atoms with E-state index in [1.807, 2.05) is 30.7 Å². The van der Waals surface area contributed by atoms with Crippen molar-refractivity contribution in [3.8, 4) is 0 Å². The zero-order valence-electron chi connectivity index (χ0n) is 10.4. The normalized spacial score (nSPS) is 10.3. The number of anilines is 1. The molecule has 0 unspecified atom stereocenters. The molecule has 0 fully saturated rings. The van der Waals surface area contributed by atoms with Gasteiger partial charge in [-0.05, 0) is 36.2 Å². The lowest BCUT2D eigenvalue weighted by molar-refractivity contribution is 0.811. The summed E-state index contributed by atoms with van der Waals surface area (Å²) in [5, 5.41) is 0.844. The molecule has 18 heavy (non-hydrogen) atoms. The Bertz CT molecular complexity index is 470. The number of hydrogen-bond donors (Lipinski definition) is 0. The van der Waals surface area contributed by atoms with Gasteiger partial charge in [0, 0.05) is 37.0 Å². The Balaban J connectivity index is 2.12. The maximum absolute atomic E-state index is 4.50. The fourth-order valence-electron chi connectivity index (χ4n) is 1.75. The van der Waals surface area contributed by atoms with Crippen LogP contribution in [0.4, 0.5) is 5.82 Å². The minimum absolute atomic E-state index is 0.844. The van der Waals surface area contributed by atoms with Crippen LogP contribution in [0.5, 0.6) is 0 Å². The molecule has 0 amide bonds. The predicted molar refractivity (Wildman–Crippen MR) is 77.8 cm³/mol. The topological polar surface area (TPSA) is 29.0 Å². The third-order valence-electron chi connectivity index (χ3n) is 2.79. The minimum Gasteiger partial charge on any atom is -0.353 e. The molecule has 2 rings (SSSR count). The van der Waals surface area contributed by atoms with E-state index in [9.17, 15) is 0 Å². The molecule has 2 aromatic heterocycles. The van der Waals surface area contributed by atoms with Crippen LogP contribution >= 0.6 is 15.9 Å². The zero-order chi connectivity index (χ0) is 12.8. The first-order valence-electron chi connectivity index (χ1n) is 5.98. The first kappa shape index (κ1) is 13.0. The Morgan fingerprint density at radius 3 is 2.44 bits per heavy atom. The molecule has 0 spiro atoms.